The minimum atomic E-state index is -0.0967. The first-order valence-electron chi connectivity index (χ1n) is 4.96. The van der Waals surface area contributed by atoms with Crippen LogP contribution in [0.2, 0.25) is 5.02 Å². The lowest BCUT2D eigenvalue weighted by Crippen LogP contribution is -2.39. The van der Waals surface area contributed by atoms with Crippen molar-refractivity contribution in [1.29, 1.82) is 0 Å². The van der Waals surface area contributed by atoms with Crippen LogP contribution in [0.5, 0.6) is 0 Å². The first-order chi connectivity index (χ1) is 7.16. The highest BCUT2D eigenvalue weighted by Gasteiger charge is 2.21. The van der Waals surface area contributed by atoms with Gasteiger partial charge in [-0.15, -0.1) is 12.6 Å². The Morgan fingerprint density at radius 3 is 2.80 bits per heavy atom. The smallest absolute Gasteiger partial charge is 0.253 e. The van der Waals surface area contributed by atoms with Crippen LogP contribution in [-0.4, -0.2) is 11.9 Å². The van der Waals surface area contributed by atoms with Crippen molar-refractivity contribution in [3.63, 3.8) is 0 Å². The Labute approximate surface area is 99.4 Å². The lowest BCUT2D eigenvalue weighted by atomic mass is 9.93. The topological polar surface area (TPSA) is 29.1 Å². The summed E-state index contributed by atoms with van der Waals surface area (Å²) in [5, 5.41) is 3.42. The molecule has 1 N–H and O–H groups in total. The molecule has 0 bridgehead atoms. The third-order valence-corrected chi connectivity index (χ3v) is 3.24. The maximum atomic E-state index is 11.8. The van der Waals surface area contributed by atoms with Gasteiger partial charge in [-0.2, -0.15) is 0 Å². The van der Waals surface area contributed by atoms with E-state index in [-0.39, 0.29) is 5.91 Å². The molecule has 0 aliphatic heterocycles. The second kappa shape index (κ2) is 4.45. The third kappa shape index (κ3) is 2.47. The van der Waals surface area contributed by atoms with Crippen molar-refractivity contribution >= 4 is 30.1 Å². The van der Waals surface area contributed by atoms with Crippen LogP contribution < -0.4 is 5.32 Å². The Morgan fingerprint density at radius 2 is 2.20 bits per heavy atom. The van der Waals surface area contributed by atoms with Gasteiger partial charge in [-0.25, -0.2) is 0 Å². The number of rotatable bonds is 2. The minimum absolute atomic E-state index is 0.0967. The van der Waals surface area contributed by atoms with Crippen LogP contribution in [-0.2, 0) is 0 Å². The van der Waals surface area contributed by atoms with Crippen LogP contribution in [0.25, 0.3) is 0 Å². The second-order valence-electron chi connectivity index (χ2n) is 3.77. The molecule has 1 aromatic rings. The van der Waals surface area contributed by atoms with E-state index in [1.165, 1.54) is 6.42 Å². The van der Waals surface area contributed by atoms with Crippen LogP contribution in [0.1, 0.15) is 29.6 Å². The largest absolute Gasteiger partial charge is 0.349 e. The predicted octanol–water partition coefficient (Wildman–Crippen LogP) is 2.91. The van der Waals surface area contributed by atoms with Crippen molar-refractivity contribution in [3.8, 4) is 0 Å². The fourth-order valence-electron chi connectivity index (χ4n) is 1.50. The lowest BCUT2D eigenvalue weighted by molar-refractivity contribution is 0.0917. The molecule has 0 radical (unpaired) electrons. The molecule has 0 aromatic heterocycles. The van der Waals surface area contributed by atoms with E-state index < -0.39 is 0 Å². The van der Waals surface area contributed by atoms with Crippen LogP contribution in [0, 0.1) is 0 Å². The van der Waals surface area contributed by atoms with Gasteiger partial charge in [0.15, 0.2) is 0 Å². The fourth-order valence-corrected chi connectivity index (χ4v) is 1.91. The van der Waals surface area contributed by atoms with Gasteiger partial charge in [-0.1, -0.05) is 11.6 Å². The highest BCUT2D eigenvalue weighted by Crippen LogP contribution is 2.22. The Morgan fingerprint density at radius 1 is 1.47 bits per heavy atom. The molecule has 1 amide bonds. The summed E-state index contributed by atoms with van der Waals surface area (Å²) in [6.45, 7) is 0. The van der Waals surface area contributed by atoms with Gasteiger partial charge in [0.25, 0.3) is 5.91 Å². The SMILES string of the molecule is O=C(NC1CCC1)c1cc(S)ccc1Cl. The average Bonchev–Trinajstić information content (AvgIpc) is 2.15. The van der Waals surface area contributed by atoms with Gasteiger partial charge in [0, 0.05) is 10.9 Å². The van der Waals surface area contributed by atoms with Crippen molar-refractivity contribution in [2.45, 2.75) is 30.2 Å². The quantitative estimate of drug-likeness (QED) is 0.766. The summed E-state index contributed by atoms with van der Waals surface area (Å²) in [7, 11) is 0. The standard InChI is InChI=1S/C11H12ClNOS/c12-10-5-4-8(15)6-9(10)11(14)13-7-2-1-3-7/h4-7,15H,1-3H2,(H,13,14). The summed E-state index contributed by atoms with van der Waals surface area (Å²) in [6, 6.07) is 5.49. The Bertz CT molecular complexity index is 390. The predicted molar refractivity (Wildman–Crippen MR) is 63.8 cm³/mol. The molecule has 0 saturated heterocycles. The second-order valence-corrected chi connectivity index (χ2v) is 4.69. The van der Waals surface area contributed by atoms with Gasteiger partial charge in [-0.05, 0) is 37.5 Å². The molecule has 1 saturated carbocycles. The van der Waals surface area contributed by atoms with Crippen molar-refractivity contribution in [3.05, 3.63) is 28.8 Å². The third-order valence-electron chi connectivity index (χ3n) is 2.63. The maximum Gasteiger partial charge on any atom is 0.253 e. The van der Waals surface area contributed by atoms with E-state index in [9.17, 15) is 4.79 Å². The van der Waals surface area contributed by atoms with E-state index in [4.69, 9.17) is 11.6 Å². The molecule has 0 spiro atoms. The molecular formula is C11H12ClNOS. The van der Waals surface area contributed by atoms with Gasteiger partial charge >= 0.3 is 0 Å². The molecular weight excluding hydrogens is 230 g/mol. The van der Waals surface area contributed by atoms with Gasteiger partial charge in [0.2, 0.25) is 0 Å². The monoisotopic (exact) mass is 241 g/mol. The molecule has 4 heteroatoms. The average molecular weight is 242 g/mol. The summed E-state index contributed by atoms with van der Waals surface area (Å²) in [4.78, 5) is 12.5. The molecule has 1 aromatic carbocycles. The summed E-state index contributed by atoms with van der Waals surface area (Å²) in [5.74, 6) is -0.0967. The van der Waals surface area contributed by atoms with Crippen LogP contribution >= 0.6 is 24.2 Å². The molecule has 1 aliphatic rings. The minimum Gasteiger partial charge on any atom is -0.349 e. The van der Waals surface area contributed by atoms with Gasteiger partial charge < -0.3 is 5.32 Å². The highest BCUT2D eigenvalue weighted by molar-refractivity contribution is 7.80. The van der Waals surface area contributed by atoms with E-state index in [0.29, 0.717) is 16.6 Å². The highest BCUT2D eigenvalue weighted by atomic mass is 35.5. The first kappa shape index (κ1) is 10.8. The molecule has 80 valence electrons. The summed E-state index contributed by atoms with van der Waals surface area (Å²) in [6.07, 6.45) is 3.35. The summed E-state index contributed by atoms with van der Waals surface area (Å²) in [5.41, 5.74) is 0.510. The number of hydrogen-bond acceptors (Lipinski definition) is 2. The Balaban J connectivity index is 2.12. The van der Waals surface area contributed by atoms with Crippen LogP contribution in [0.4, 0.5) is 0 Å². The molecule has 15 heavy (non-hydrogen) atoms. The molecule has 1 aliphatic carbocycles. The molecule has 2 rings (SSSR count). The number of benzene rings is 1. The molecule has 0 atom stereocenters. The number of hydrogen-bond donors (Lipinski definition) is 2. The normalized spacial score (nSPS) is 15.9. The number of carbonyl (C=O) groups excluding carboxylic acids is 1. The Hall–Kier alpha value is -0.670. The number of carbonyl (C=O) groups is 1. The van der Waals surface area contributed by atoms with Crippen molar-refractivity contribution in [2.24, 2.45) is 0 Å². The Kier molecular flexibility index (Phi) is 3.22. The number of halogens is 1. The van der Waals surface area contributed by atoms with Crippen molar-refractivity contribution < 1.29 is 4.79 Å². The molecule has 1 fully saturated rings. The first-order valence-corrected chi connectivity index (χ1v) is 5.79. The van der Waals surface area contributed by atoms with Gasteiger partial charge in [0.1, 0.15) is 0 Å². The number of nitrogens with one attached hydrogen (secondary N) is 1. The number of thiol groups is 1. The number of amides is 1. The van der Waals surface area contributed by atoms with Crippen LogP contribution in [0.3, 0.4) is 0 Å². The van der Waals surface area contributed by atoms with Crippen LogP contribution in [0.15, 0.2) is 23.1 Å². The van der Waals surface area contributed by atoms with Gasteiger partial charge in [0.05, 0.1) is 10.6 Å². The van der Waals surface area contributed by atoms with E-state index in [2.05, 4.69) is 17.9 Å². The van der Waals surface area contributed by atoms with E-state index in [1.807, 2.05) is 0 Å². The maximum absolute atomic E-state index is 11.8. The van der Waals surface area contributed by atoms with E-state index in [0.717, 1.165) is 17.7 Å². The van der Waals surface area contributed by atoms with Crippen molar-refractivity contribution in [2.75, 3.05) is 0 Å². The van der Waals surface area contributed by atoms with Gasteiger partial charge in [-0.3, -0.25) is 4.79 Å². The van der Waals surface area contributed by atoms with E-state index >= 15 is 0 Å². The zero-order chi connectivity index (χ0) is 10.8. The lowest BCUT2D eigenvalue weighted by Gasteiger charge is -2.26. The molecule has 0 heterocycles. The zero-order valence-corrected chi connectivity index (χ0v) is 9.81. The molecule has 0 unspecified atom stereocenters. The summed E-state index contributed by atoms with van der Waals surface area (Å²) < 4.78 is 0. The van der Waals surface area contributed by atoms with Crippen molar-refractivity contribution in [1.82, 2.24) is 5.32 Å². The van der Waals surface area contributed by atoms with E-state index in [1.54, 1.807) is 18.2 Å². The summed E-state index contributed by atoms with van der Waals surface area (Å²) >= 11 is 10.1. The zero-order valence-electron chi connectivity index (χ0n) is 8.16. The fraction of sp³-hybridized carbons (Fsp3) is 0.364. The molecule has 2 nitrogen and oxygen atoms in total.